The van der Waals surface area contributed by atoms with E-state index in [-0.39, 0.29) is 11.8 Å². The first kappa shape index (κ1) is 21.5. The predicted molar refractivity (Wildman–Crippen MR) is 120 cm³/mol. The third kappa shape index (κ3) is 5.67. The van der Waals surface area contributed by atoms with Crippen molar-refractivity contribution >= 4 is 33.4 Å². The molecule has 0 spiro atoms. The number of carbonyl (C=O) groups excluding carboxylic acids is 2. The number of nitrogens with one attached hydrogen (secondary N) is 1. The zero-order chi connectivity index (χ0) is 20.9. The summed E-state index contributed by atoms with van der Waals surface area (Å²) in [5, 5.41) is 2.92. The van der Waals surface area contributed by atoms with Gasteiger partial charge in [0, 0.05) is 49.3 Å². The number of benzene rings is 2. The standard InChI is InChI=1S/C23H28BrN3O2/c1-23(2,18-6-4-3-5-7-18)22(29)27-16-14-26(15-17-27)13-12-21(28)25-20-10-8-19(24)9-11-20/h3-11H,12-17H2,1-2H3,(H,25,28). The maximum Gasteiger partial charge on any atom is 0.232 e. The van der Waals surface area contributed by atoms with Crippen molar-refractivity contribution < 1.29 is 9.59 Å². The fraction of sp³-hybridized carbons (Fsp3) is 0.391. The topological polar surface area (TPSA) is 52.7 Å². The molecule has 1 saturated heterocycles. The summed E-state index contributed by atoms with van der Waals surface area (Å²) >= 11 is 3.39. The zero-order valence-electron chi connectivity index (χ0n) is 17.0. The van der Waals surface area contributed by atoms with Gasteiger partial charge in [-0.1, -0.05) is 46.3 Å². The molecule has 1 N–H and O–H groups in total. The van der Waals surface area contributed by atoms with Crippen molar-refractivity contribution in [3.8, 4) is 0 Å². The maximum absolute atomic E-state index is 13.1. The molecule has 1 aliphatic rings. The zero-order valence-corrected chi connectivity index (χ0v) is 18.6. The fourth-order valence-corrected chi connectivity index (χ4v) is 3.83. The molecule has 0 unspecified atom stereocenters. The van der Waals surface area contributed by atoms with Gasteiger partial charge in [-0.25, -0.2) is 0 Å². The van der Waals surface area contributed by atoms with Gasteiger partial charge in [0.1, 0.15) is 0 Å². The molecule has 2 amide bonds. The molecule has 0 bridgehead atoms. The molecule has 1 fully saturated rings. The summed E-state index contributed by atoms with van der Waals surface area (Å²) in [5.74, 6) is 0.173. The van der Waals surface area contributed by atoms with Gasteiger partial charge in [-0.2, -0.15) is 0 Å². The van der Waals surface area contributed by atoms with Gasteiger partial charge < -0.3 is 10.2 Å². The molecular weight excluding hydrogens is 430 g/mol. The monoisotopic (exact) mass is 457 g/mol. The van der Waals surface area contributed by atoms with E-state index in [0.717, 1.165) is 28.8 Å². The van der Waals surface area contributed by atoms with Gasteiger partial charge in [0.25, 0.3) is 0 Å². The Hall–Kier alpha value is -2.18. The molecule has 2 aromatic rings. The lowest BCUT2D eigenvalue weighted by molar-refractivity contribution is -0.138. The lowest BCUT2D eigenvalue weighted by Crippen LogP contribution is -2.53. The second-order valence-electron chi connectivity index (χ2n) is 7.93. The van der Waals surface area contributed by atoms with Crippen LogP contribution in [-0.4, -0.2) is 54.3 Å². The Morgan fingerprint density at radius 2 is 1.59 bits per heavy atom. The van der Waals surface area contributed by atoms with Crippen LogP contribution in [0, 0.1) is 0 Å². The van der Waals surface area contributed by atoms with E-state index in [1.165, 1.54) is 0 Å². The highest BCUT2D eigenvalue weighted by Crippen LogP contribution is 2.26. The maximum atomic E-state index is 13.1. The number of halogens is 1. The smallest absolute Gasteiger partial charge is 0.232 e. The van der Waals surface area contributed by atoms with Crippen LogP contribution in [0.15, 0.2) is 59.1 Å². The molecule has 1 aliphatic heterocycles. The van der Waals surface area contributed by atoms with Crippen molar-refractivity contribution in [1.82, 2.24) is 9.80 Å². The summed E-state index contributed by atoms with van der Waals surface area (Å²) in [4.78, 5) is 29.4. The van der Waals surface area contributed by atoms with E-state index in [1.54, 1.807) is 0 Å². The van der Waals surface area contributed by atoms with Gasteiger partial charge in [-0.05, 0) is 43.7 Å². The summed E-state index contributed by atoms with van der Waals surface area (Å²) in [6, 6.07) is 17.5. The SMILES string of the molecule is CC(C)(C(=O)N1CCN(CCC(=O)Nc2ccc(Br)cc2)CC1)c1ccccc1. The molecule has 29 heavy (non-hydrogen) atoms. The number of carbonyl (C=O) groups is 2. The van der Waals surface area contributed by atoms with Crippen LogP contribution >= 0.6 is 15.9 Å². The van der Waals surface area contributed by atoms with E-state index >= 15 is 0 Å². The minimum absolute atomic E-state index is 0.0102. The van der Waals surface area contributed by atoms with Crippen LogP contribution in [0.1, 0.15) is 25.8 Å². The number of amides is 2. The van der Waals surface area contributed by atoms with Crippen LogP contribution in [0.4, 0.5) is 5.69 Å². The van der Waals surface area contributed by atoms with Gasteiger partial charge in [-0.15, -0.1) is 0 Å². The molecule has 0 aromatic heterocycles. The first-order valence-corrected chi connectivity index (χ1v) is 10.8. The molecule has 154 valence electrons. The van der Waals surface area contributed by atoms with E-state index in [4.69, 9.17) is 0 Å². The number of rotatable bonds is 6. The molecule has 1 heterocycles. The average molecular weight is 458 g/mol. The minimum atomic E-state index is -0.534. The molecule has 0 radical (unpaired) electrons. The van der Waals surface area contributed by atoms with Crippen LogP contribution < -0.4 is 5.32 Å². The number of piperazine rings is 1. The second kappa shape index (κ2) is 9.55. The van der Waals surface area contributed by atoms with Crippen LogP contribution in [0.3, 0.4) is 0 Å². The molecule has 0 atom stereocenters. The van der Waals surface area contributed by atoms with Gasteiger partial charge in [0.05, 0.1) is 5.41 Å². The van der Waals surface area contributed by atoms with Gasteiger partial charge in [0.2, 0.25) is 11.8 Å². The molecular formula is C23H28BrN3O2. The van der Waals surface area contributed by atoms with E-state index < -0.39 is 5.41 Å². The number of anilines is 1. The normalized spacial score (nSPS) is 15.2. The highest BCUT2D eigenvalue weighted by Gasteiger charge is 2.34. The summed E-state index contributed by atoms with van der Waals surface area (Å²) < 4.78 is 0.985. The first-order chi connectivity index (χ1) is 13.9. The van der Waals surface area contributed by atoms with Crippen molar-refractivity contribution in [2.75, 3.05) is 38.0 Å². The highest BCUT2D eigenvalue weighted by atomic mass is 79.9. The third-order valence-electron chi connectivity index (χ3n) is 5.47. The highest BCUT2D eigenvalue weighted by molar-refractivity contribution is 9.10. The van der Waals surface area contributed by atoms with Crippen molar-refractivity contribution in [3.05, 3.63) is 64.6 Å². The van der Waals surface area contributed by atoms with Crippen molar-refractivity contribution in [3.63, 3.8) is 0 Å². The minimum Gasteiger partial charge on any atom is -0.339 e. The Kier molecular flexibility index (Phi) is 7.09. The van der Waals surface area contributed by atoms with Crippen molar-refractivity contribution in [1.29, 1.82) is 0 Å². The van der Waals surface area contributed by atoms with E-state index in [0.29, 0.717) is 26.1 Å². The quantitative estimate of drug-likeness (QED) is 0.715. The molecule has 2 aromatic carbocycles. The lowest BCUT2D eigenvalue weighted by Gasteiger charge is -2.38. The van der Waals surface area contributed by atoms with Crippen LogP contribution in [0.5, 0.6) is 0 Å². The molecule has 0 aliphatic carbocycles. The number of nitrogens with zero attached hydrogens (tertiary/aromatic N) is 2. The number of hydrogen-bond donors (Lipinski definition) is 1. The Balaban J connectivity index is 1.45. The summed E-state index contributed by atoms with van der Waals surface area (Å²) in [6.45, 7) is 7.66. The Labute approximate surface area is 181 Å². The molecule has 6 heteroatoms. The van der Waals surface area contributed by atoms with Gasteiger partial charge in [0.15, 0.2) is 0 Å². The molecule has 3 rings (SSSR count). The summed E-state index contributed by atoms with van der Waals surface area (Å²) in [6.07, 6.45) is 0.444. The number of hydrogen-bond acceptors (Lipinski definition) is 3. The van der Waals surface area contributed by atoms with E-state index in [1.807, 2.05) is 73.3 Å². The van der Waals surface area contributed by atoms with Gasteiger partial charge in [-0.3, -0.25) is 14.5 Å². The van der Waals surface area contributed by atoms with Crippen LogP contribution in [-0.2, 0) is 15.0 Å². The summed E-state index contributed by atoms with van der Waals surface area (Å²) in [5.41, 5.74) is 1.31. The first-order valence-electron chi connectivity index (χ1n) is 9.99. The van der Waals surface area contributed by atoms with Crippen LogP contribution in [0.25, 0.3) is 0 Å². The van der Waals surface area contributed by atoms with Crippen molar-refractivity contribution in [2.24, 2.45) is 0 Å². The van der Waals surface area contributed by atoms with E-state index in [2.05, 4.69) is 26.1 Å². The summed E-state index contributed by atoms with van der Waals surface area (Å²) in [7, 11) is 0. The van der Waals surface area contributed by atoms with Gasteiger partial charge >= 0.3 is 0 Å². The second-order valence-corrected chi connectivity index (χ2v) is 8.85. The molecule has 5 nitrogen and oxygen atoms in total. The Bertz CT molecular complexity index is 829. The lowest BCUT2D eigenvalue weighted by atomic mass is 9.83. The largest absolute Gasteiger partial charge is 0.339 e. The fourth-order valence-electron chi connectivity index (χ4n) is 3.56. The Morgan fingerprint density at radius 3 is 2.21 bits per heavy atom. The van der Waals surface area contributed by atoms with Crippen molar-refractivity contribution in [2.45, 2.75) is 25.7 Å². The average Bonchev–Trinajstić information content (AvgIpc) is 2.74. The van der Waals surface area contributed by atoms with Crippen LogP contribution in [0.2, 0.25) is 0 Å². The van der Waals surface area contributed by atoms with E-state index in [9.17, 15) is 9.59 Å². The third-order valence-corrected chi connectivity index (χ3v) is 6.00. The molecule has 0 saturated carbocycles. The predicted octanol–water partition coefficient (Wildman–Crippen LogP) is 3.90. The Morgan fingerprint density at radius 1 is 0.966 bits per heavy atom.